The lowest BCUT2D eigenvalue weighted by Gasteiger charge is -2.69. The molecule has 0 aromatic heterocycles. The second-order valence-corrected chi connectivity index (χ2v) is 22.8. The van der Waals surface area contributed by atoms with Gasteiger partial charge in [0.1, 0.15) is 0 Å². The summed E-state index contributed by atoms with van der Waals surface area (Å²) in [6, 6.07) is 0. The van der Waals surface area contributed by atoms with E-state index in [1.807, 2.05) is 0 Å². The maximum Gasteiger partial charge on any atom is 0.305 e. The molecule has 4 bridgehead atoms. The van der Waals surface area contributed by atoms with Crippen molar-refractivity contribution in [3.63, 3.8) is 0 Å². The van der Waals surface area contributed by atoms with Gasteiger partial charge in [-0.15, -0.1) is 0 Å². The van der Waals surface area contributed by atoms with Crippen LogP contribution in [0.4, 0.5) is 0 Å². The molecular weight excluding hydrogens is 839 g/mol. The Morgan fingerprint density at radius 3 is 0.955 bits per heavy atom. The first-order valence-electron chi connectivity index (χ1n) is 28.7. The van der Waals surface area contributed by atoms with Crippen LogP contribution in [0.15, 0.2) is 0 Å². The summed E-state index contributed by atoms with van der Waals surface area (Å²) < 4.78 is 25.4. The quantitative estimate of drug-likeness (QED) is 0.0336. The molecule has 9 nitrogen and oxygen atoms in total. The van der Waals surface area contributed by atoms with Crippen LogP contribution < -0.4 is 0 Å². The summed E-state index contributed by atoms with van der Waals surface area (Å²) in [5.74, 6) is 0.504. The van der Waals surface area contributed by atoms with Crippen molar-refractivity contribution < 1.29 is 38.1 Å². The zero-order valence-corrected chi connectivity index (χ0v) is 44.9. The van der Waals surface area contributed by atoms with Crippen LogP contribution in [0.2, 0.25) is 0 Å². The fourth-order valence-corrected chi connectivity index (χ4v) is 13.5. The highest BCUT2D eigenvalue weighted by Gasteiger charge is 2.69. The molecule has 2 unspecified atom stereocenters. The first-order chi connectivity index (χ1) is 32.4. The molecule has 0 saturated heterocycles. The number of hydrogen-bond acceptors (Lipinski definition) is 9. The summed E-state index contributed by atoms with van der Waals surface area (Å²) in [6.07, 6.45) is 33.4. The monoisotopic (exact) mass is 944 g/mol. The van der Waals surface area contributed by atoms with E-state index in [-0.39, 0.29) is 30.5 Å². The van der Waals surface area contributed by atoms with E-state index >= 15 is 0 Å². The number of unbranched alkanes of at least 4 members (excludes halogenated alkanes) is 12. The van der Waals surface area contributed by atoms with Gasteiger partial charge in [-0.05, 0) is 95.7 Å². The van der Waals surface area contributed by atoms with Gasteiger partial charge in [-0.3, -0.25) is 19.2 Å². The molecule has 0 heterocycles. The molecule has 4 rings (SSSR count). The average molecular weight is 944 g/mol. The van der Waals surface area contributed by atoms with E-state index in [0.717, 1.165) is 103 Å². The van der Waals surface area contributed by atoms with E-state index in [9.17, 15) is 19.2 Å². The van der Waals surface area contributed by atoms with Crippen LogP contribution in [-0.4, -0.2) is 74.8 Å². The van der Waals surface area contributed by atoms with Gasteiger partial charge in [0.05, 0.1) is 26.4 Å². The van der Waals surface area contributed by atoms with Crippen LogP contribution >= 0.6 is 0 Å². The molecule has 0 spiro atoms. The molecule has 9 heteroatoms. The van der Waals surface area contributed by atoms with E-state index in [1.165, 1.54) is 109 Å². The standard InChI is InChI=1S/C58H105NO8/c1-8-15-20-21-26-32-51(60)64-45-55-39-56(46-65-52(61)33-27-38-59(13-6)14-7)42-57(40-55,47-66-53(62)36-34-49(28-22-16-9-2)29-23-17-10-3)44-58(41-55,43-56)48-67-54(63)37-35-50(30-24-18-11-4)31-25-19-12-5/h49-50H,8-48H2,1-7H3. The molecule has 4 aliphatic rings. The van der Waals surface area contributed by atoms with Gasteiger partial charge in [-0.2, -0.15) is 0 Å². The Kier molecular flexibility index (Phi) is 28.8. The molecule has 0 N–H and O–H groups in total. The van der Waals surface area contributed by atoms with Crippen molar-refractivity contribution in [2.75, 3.05) is 46.1 Å². The van der Waals surface area contributed by atoms with Crippen LogP contribution in [0.3, 0.4) is 0 Å². The molecule has 0 aromatic carbocycles. The molecule has 0 radical (unpaired) electrons. The Morgan fingerprint density at radius 2 is 0.642 bits per heavy atom. The third kappa shape index (κ3) is 22.2. The number of ether oxygens (including phenoxy) is 4. The smallest absolute Gasteiger partial charge is 0.305 e. The Morgan fingerprint density at radius 1 is 0.358 bits per heavy atom. The summed E-state index contributed by atoms with van der Waals surface area (Å²) in [4.78, 5) is 56.8. The van der Waals surface area contributed by atoms with Crippen molar-refractivity contribution in [2.24, 2.45) is 33.5 Å². The van der Waals surface area contributed by atoms with Crippen LogP contribution in [0, 0.1) is 33.5 Å². The molecule has 0 aromatic rings. The van der Waals surface area contributed by atoms with E-state index in [4.69, 9.17) is 18.9 Å². The zero-order chi connectivity index (χ0) is 48.9. The van der Waals surface area contributed by atoms with Gasteiger partial charge in [0, 0.05) is 47.3 Å². The van der Waals surface area contributed by atoms with E-state index in [2.05, 4.69) is 53.4 Å². The Hall–Kier alpha value is -2.16. The molecule has 4 saturated carbocycles. The van der Waals surface area contributed by atoms with Crippen LogP contribution in [0.1, 0.15) is 267 Å². The summed E-state index contributed by atoms with van der Waals surface area (Å²) in [7, 11) is 0. The highest BCUT2D eigenvalue weighted by Crippen LogP contribution is 2.74. The molecule has 4 fully saturated rings. The summed E-state index contributed by atoms with van der Waals surface area (Å²) in [5, 5.41) is 0. The minimum Gasteiger partial charge on any atom is -0.465 e. The number of rotatable bonds is 42. The van der Waals surface area contributed by atoms with Crippen molar-refractivity contribution in [1.29, 1.82) is 0 Å². The van der Waals surface area contributed by atoms with E-state index in [0.29, 0.717) is 57.3 Å². The first-order valence-corrected chi connectivity index (χ1v) is 28.7. The highest BCUT2D eigenvalue weighted by atomic mass is 16.5. The molecular formula is C58H105NO8. The fourth-order valence-electron chi connectivity index (χ4n) is 13.5. The lowest BCUT2D eigenvalue weighted by Crippen LogP contribution is -2.65. The van der Waals surface area contributed by atoms with Gasteiger partial charge in [-0.25, -0.2) is 0 Å². The van der Waals surface area contributed by atoms with Crippen molar-refractivity contribution in [1.82, 2.24) is 4.90 Å². The Balaban J connectivity index is 1.88. The molecule has 67 heavy (non-hydrogen) atoms. The second kappa shape index (κ2) is 32.7. The maximum atomic E-state index is 13.8. The van der Waals surface area contributed by atoms with Gasteiger partial charge in [0.15, 0.2) is 0 Å². The van der Waals surface area contributed by atoms with Crippen molar-refractivity contribution >= 4 is 23.9 Å². The largest absolute Gasteiger partial charge is 0.465 e. The Bertz CT molecular complexity index is 1300. The third-order valence-corrected chi connectivity index (χ3v) is 16.3. The molecule has 390 valence electrons. The van der Waals surface area contributed by atoms with E-state index < -0.39 is 21.7 Å². The van der Waals surface area contributed by atoms with Gasteiger partial charge in [0.2, 0.25) is 0 Å². The predicted octanol–water partition coefficient (Wildman–Crippen LogP) is 15.1. The maximum absolute atomic E-state index is 13.8. The van der Waals surface area contributed by atoms with Gasteiger partial charge >= 0.3 is 23.9 Å². The molecule has 4 aliphatic carbocycles. The van der Waals surface area contributed by atoms with Crippen LogP contribution in [0.5, 0.6) is 0 Å². The minimum atomic E-state index is -0.401. The predicted molar refractivity (Wildman–Crippen MR) is 274 cm³/mol. The van der Waals surface area contributed by atoms with Crippen molar-refractivity contribution in [3.8, 4) is 0 Å². The summed E-state index contributed by atoms with van der Waals surface area (Å²) >= 11 is 0. The number of nitrogens with zero attached hydrogens (tertiary/aromatic N) is 1. The molecule has 0 amide bonds. The number of esters is 4. The zero-order valence-electron chi connectivity index (χ0n) is 44.9. The lowest BCUT2D eigenvalue weighted by molar-refractivity contribution is -0.249. The topological polar surface area (TPSA) is 108 Å². The van der Waals surface area contributed by atoms with Gasteiger partial charge < -0.3 is 23.8 Å². The molecule has 0 aliphatic heterocycles. The lowest BCUT2D eigenvalue weighted by atomic mass is 9.36. The number of carbonyl (C=O) groups is 4. The normalized spacial score (nSPS) is 23.1. The van der Waals surface area contributed by atoms with Gasteiger partial charge in [-0.1, -0.05) is 177 Å². The Labute approximate surface area is 411 Å². The third-order valence-electron chi connectivity index (χ3n) is 16.3. The van der Waals surface area contributed by atoms with Gasteiger partial charge in [0.25, 0.3) is 0 Å². The SMILES string of the molecule is CCCCCCCC(=O)OCC12CC3(COC(=O)CCCN(CC)CC)CC(COC(=O)CCC(CCCCC)CCCCC)(C1)CC(COC(=O)CCC(CCCCC)CCCCC)(C2)C3. The van der Waals surface area contributed by atoms with Crippen LogP contribution in [0.25, 0.3) is 0 Å². The number of hydrogen-bond donors (Lipinski definition) is 0. The highest BCUT2D eigenvalue weighted by molar-refractivity contribution is 5.70. The average Bonchev–Trinajstić information content (AvgIpc) is 3.30. The second-order valence-electron chi connectivity index (χ2n) is 22.8. The van der Waals surface area contributed by atoms with E-state index in [1.54, 1.807) is 0 Å². The van der Waals surface area contributed by atoms with Crippen molar-refractivity contribution in [3.05, 3.63) is 0 Å². The molecule has 2 atom stereocenters. The van der Waals surface area contributed by atoms with Crippen molar-refractivity contribution in [2.45, 2.75) is 267 Å². The first kappa shape index (κ1) is 59.2. The van der Waals surface area contributed by atoms with Crippen LogP contribution in [-0.2, 0) is 38.1 Å². The summed E-state index contributed by atoms with van der Waals surface area (Å²) in [5.41, 5.74) is -1.59. The fraction of sp³-hybridized carbons (Fsp3) is 0.931. The summed E-state index contributed by atoms with van der Waals surface area (Å²) in [6.45, 7) is 19.4. The number of carbonyl (C=O) groups excluding carboxylic acids is 4. The minimum absolute atomic E-state index is 0.128.